The first-order valence-electron chi connectivity index (χ1n) is 10.9. The van der Waals surface area contributed by atoms with Crippen LogP contribution in [0.3, 0.4) is 0 Å². The number of rotatable bonds is 3. The number of benzene rings is 3. The number of carbonyl (C=O) groups is 3. The topological polar surface area (TPSA) is 57.7 Å². The minimum atomic E-state index is -0.840. The molecule has 3 aliphatic rings. The summed E-state index contributed by atoms with van der Waals surface area (Å²) in [6.07, 6.45) is 3.76. The molecule has 4 unspecified atom stereocenters. The minimum absolute atomic E-state index is 0.222. The monoisotopic (exact) mass is 488 g/mol. The largest absolute Gasteiger partial charge is 0.358 e. The van der Waals surface area contributed by atoms with Crippen LogP contribution in [0.1, 0.15) is 27.5 Å². The van der Waals surface area contributed by atoms with Crippen LogP contribution in [0.2, 0.25) is 10.0 Å². The zero-order valence-electron chi connectivity index (χ0n) is 17.8. The van der Waals surface area contributed by atoms with Crippen molar-refractivity contribution in [2.75, 3.05) is 4.90 Å². The van der Waals surface area contributed by atoms with Crippen molar-refractivity contribution in [1.29, 1.82) is 0 Å². The number of para-hydroxylation sites is 1. The summed E-state index contributed by atoms with van der Waals surface area (Å²) < 4.78 is 0. The Morgan fingerprint density at radius 1 is 0.794 bits per heavy atom. The number of nitrogens with zero attached hydrogens (tertiary/aromatic N) is 2. The van der Waals surface area contributed by atoms with Crippen LogP contribution in [0, 0.1) is 11.8 Å². The summed E-state index contributed by atoms with van der Waals surface area (Å²) in [7, 11) is 0. The molecule has 34 heavy (non-hydrogen) atoms. The number of halogens is 2. The maximum atomic E-state index is 13.8. The van der Waals surface area contributed by atoms with Gasteiger partial charge in [0.15, 0.2) is 5.78 Å². The number of anilines is 1. The van der Waals surface area contributed by atoms with Gasteiger partial charge < -0.3 is 4.90 Å². The van der Waals surface area contributed by atoms with E-state index in [0.717, 1.165) is 16.0 Å². The van der Waals surface area contributed by atoms with E-state index >= 15 is 0 Å². The summed E-state index contributed by atoms with van der Waals surface area (Å²) >= 11 is 12.4. The van der Waals surface area contributed by atoms with Gasteiger partial charge in [-0.3, -0.25) is 14.4 Å². The summed E-state index contributed by atoms with van der Waals surface area (Å²) in [5, 5.41) is 0.827. The van der Waals surface area contributed by atoms with Crippen LogP contribution in [-0.2, 0) is 9.59 Å². The van der Waals surface area contributed by atoms with E-state index in [2.05, 4.69) is 0 Å². The van der Waals surface area contributed by atoms with Gasteiger partial charge in [-0.05, 0) is 53.6 Å². The molecule has 3 aliphatic heterocycles. The number of Topliss-reactive ketones (excluding diaryl/α,β-unsaturated/α-hetero) is 1. The predicted octanol–water partition coefficient (Wildman–Crippen LogP) is 5.39. The highest BCUT2D eigenvalue weighted by molar-refractivity contribution is 6.36. The Labute approximate surface area is 206 Å². The Balaban J connectivity index is 1.51. The molecule has 3 heterocycles. The van der Waals surface area contributed by atoms with Crippen molar-refractivity contribution < 1.29 is 14.4 Å². The second-order valence-corrected chi connectivity index (χ2v) is 9.51. The highest BCUT2D eigenvalue weighted by Gasteiger charge is 2.64. The van der Waals surface area contributed by atoms with Crippen LogP contribution in [0.25, 0.3) is 6.08 Å². The minimum Gasteiger partial charge on any atom is -0.358 e. The number of imide groups is 1. The SMILES string of the molecule is O=C(c1ccc(Cl)cc1)C1C2C(=O)N(c3ccccc3Cl)C(=O)C2C2c3ccccc3C=CN12. The standard InChI is InChI=1S/C27H18Cl2N2O3/c28-17-11-9-16(10-12-17)25(32)24-22-21(23-18-6-2-1-5-15(18)13-14-30(23)24)26(33)31(27(22)34)20-8-4-3-7-19(20)29/h1-14,21-24H. The lowest BCUT2D eigenvalue weighted by atomic mass is 9.83. The summed E-state index contributed by atoms with van der Waals surface area (Å²) in [5.41, 5.74) is 2.68. The molecule has 0 radical (unpaired) electrons. The van der Waals surface area contributed by atoms with Gasteiger partial charge >= 0.3 is 0 Å². The fourth-order valence-electron chi connectivity index (χ4n) is 5.51. The van der Waals surface area contributed by atoms with E-state index < -0.39 is 29.8 Å². The van der Waals surface area contributed by atoms with Gasteiger partial charge in [-0.15, -0.1) is 0 Å². The maximum absolute atomic E-state index is 13.8. The summed E-state index contributed by atoms with van der Waals surface area (Å²) in [6, 6.07) is 19.9. The Morgan fingerprint density at radius 3 is 2.24 bits per heavy atom. The van der Waals surface area contributed by atoms with Gasteiger partial charge in [-0.1, -0.05) is 59.6 Å². The van der Waals surface area contributed by atoms with Gasteiger partial charge in [-0.2, -0.15) is 0 Å². The normalized spacial score (nSPS) is 24.8. The molecule has 2 amide bonds. The van der Waals surface area contributed by atoms with Crippen molar-refractivity contribution in [1.82, 2.24) is 4.90 Å². The third-order valence-corrected chi connectivity index (χ3v) is 7.52. The van der Waals surface area contributed by atoms with Crippen molar-refractivity contribution in [2.24, 2.45) is 11.8 Å². The van der Waals surface area contributed by atoms with Gasteiger partial charge in [0.2, 0.25) is 11.8 Å². The number of hydrogen-bond acceptors (Lipinski definition) is 4. The lowest BCUT2D eigenvalue weighted by molar-refractivity contribution is -0.123. The summed E-state index contributed by atoms with van der Waals surface area (Å²) in [6.45, 7) is 0. The first-order chi connectivity index (χ1) is 16.5. The Kier molecular flexibility index (Phi) is 4.87. The van der Waals surface area contributed by atoms with Gasteiger partial charge in [0.1, 0.15) is 6.04 Å². The van der Waals surface area contributed by atoms with Crippen LogP contribution in [0.5, 0.6) is 0 Å². The third kappa shape index (κ3) is 2.97. The molecule has 0 saturated carbocycles. The van der Waals surface area contributed by atoms with Crippen LogP contribution in [0.15, 0.2) is 79.0 Å². The third-order valence-electron chi connectivity index (χ3n) is 6.95. The van der Waals surface area contributed by atoms with Crippen molar-refractivity contribution in [3.8, 4) is 0 Å². The number of fused-ring (bicyclic) bond motifs is 5. The lowest BCUT2D eigenvalue weighted by Gasteiger charge is -2.35. The molecular weight excluding hydrogens is 471 g/mol. The van der Waals surface area contributed by atoms with E-state index in [0.29, 0.717) is 21.3 Å². The average Bonchev–Trinajstić information content (AvgIpc) is 3.32. The van der Waals surface area contributed by atoms with E-state index in [1.807, 2.05) is 41.4 Å². The fraction of sp³-hybridized carbons (Fsp3) is 0.148. The maximum Gasteiger partial charge on any atom is 0.240 e. The van der Waals surface area contributed by atoms with Crippen LogP contribution >= 0.6 is 23.2 Å². The summed E-state index contributed by atoms with van der Waals surface area (Å²) in [5.74, 6) is -2.52. The zero-order chi connectivity index (χ0) is 23.6. The molecule has 4 atom stereocenters. The molecule has 2 saturated heterocycles. The van der Waals surface area contributed by atoms with Crippen molar-refractivity contribution in [3.63, 3.8) is 0 Å². The van der Waals surface area contributed by atoms with Gasteiger partial charge in [-0.25, -0.2) is 4.90 Å². The lowest BCUT2D eigenvalue weighted by Crippen LogP contribution is -2.44. The molecule has 0 aliphatic carbocycles. The Hall–Kier alpha value is -3.41. The average molecular weight is 489 g/mol. The molecule has 0 aromatic heterocycles. The van der Waals surface area contributed by atoms with Gasteiger partial charge in [0, 0.05) is 16.8 Å². The quantitative estimate of drug-likeness (QED) is 0.366. The first-order valence-corrected chi connectivity index (χ1v) is 11.7. The van der Waals surface area contributed by atoms with E-state index in [1.165, 1.54) is 0 Å². The van der Waals surface area contributed by atoms with E-state index in [9.17, 15) is 14.4 Å². The highest BCUT2D eigenvalue weighted by Crippen LogP contribution is 2.54. The number of ketones is 1. The van der Waals surface area contributed by atoms with Crippen molar-refractivity contribution >= 4 is 52.6 Å². The van der Waals surface area contributed by atoms with Crippen LogP contribution in [-0.4, -0.2) is 28.5 Å². The van der Waals surface area contributed by atoms with Crippen LogP contribution in [0.4, 0.5) is 5.69 Å². The van der Waals surface area contributed by atoms with E-state index in [-0.39, 0.29) is 11.7 Å². The second kappa shape index (κ2) is 7.83. The number of hydrogen-bond donors (Lipinski definition) is 0. The molecule has 3 aromatic carbocycles. The Bertz CT molecular complexity index is 1380. The molecule has 168 valence electrons. The molecule has 7 heteroatoms. The fourth-order valence-corrected chi connectivity index (χ4v) is 5.86. The van der Waals surface area contributed by atoms with E-state index in [4.69, 9.17) is 23.2 Å². The summed E-state index contributed by atoms with van der Waals surface area (Å²) in [4.78, 5) is 44.5. The predicted molar refractivity (Wildman–Crippen MR) is 131 cm³/mol. The molecular formula is C27H18Cl2N2O3. The molecule has 0 spiro atoms. The molecule has 2 fully saturated rings. The molecule has 5 nitrogen and oxygen atoms in total. The highest BCUT2D eigenvalue weighted by atomic mass is 35.5. The molecule has 0 bridgehead atoms. The molecule has 3 aromatic rings. The van der Waals surface area contributed by atoms with Gasteiger partial charge in [0.05, 0.1) is 28.6 Å². The van der Waals surface area contributed by atoms with Crippen LogP contribution < -0.4 is 4.90 Å². The first kappa shape index (κ1) is 21.1. The number of carbonyl (C=O) groups excluding carboxylic acids is 3. The zero-order valence-corrected chi connectivity index (χ0v) is 19.3. The Morgan fingerprint density at radius 2 is 1.47 bits per heavy atom. The molecule has 6 rings (SSSR count). The van der Waals surface area contributed by atoms with Crippen molar-refractivity contribution in [2.45, 2.75) is 12.1 Å². The van der Waals surface area contributed by atoms with E-state index in [1.54, 1.807) is 48.5 Å². The van der Waals surface area contributed by atoms with Crippen molar-refractivity contribution in [3.05, 3.63) is 106 Å². The smallest absolute Gasteiger partial charge is 0.240 e. The second-order valence-electron chi connectivity index (χ2n) is 8.67. The number of amides is 2. The molecule has 0 N–H and O–H groups in total. The van der Waals surface area contributed by atoms with Gasteiger partial charge in [0.25, 0.3) is 0 Å².